The first-order valence-corrected chi connectivity index (χ1v) is 9.71. The second-order valence-corrected chi connectivity index (χ2v) is 6.96. The van der Waals surface area contributed by atoms with Gasteiger partial charge >= 0.3 is 5.97 Å². The summed E-state index contributed by atoms with van der Waals surface area (Å²) in [7, 11) is 0. The monoisotopic (exact) mass is 370 g/mol. The molecule has 1 N–H and O–H groups in total. The standard InChI is InChI=1S/C23H30O4/c1-4-5-6-15-26-17(2)16-18(3)27-22-13-11-20(12-14-22)19-7-9-21(10-8-19)23(24)25/h7-14,17-18H,4-6,15-16H2,1-3H3,(H,24,25)/t17-,18+/m1/s1. The van der Waals surface area contributed by atoms with E-state index in [4.69, 9.17) is 14.6 Å². The van der Waals surface area contributed by atoms with Crippen molar-refractivity contribution in [1.82, 2.24) is 0 Å². The van der Waals surface area contributed by atoms with E-state index in [1.807, 2.05) is 36.4 Å². The molecule has 146 valence electrons. The molecule has 0 fully saturated rings. The molecule has 2 aromatic rings. The Bertz CT molecular complexity index is 691. The van der Waals surface area contributed by atoms with Crippen molar-refractivity contribution >= 4 is 5.97 Å². The second kappa shape index (κ2) is 10.7. The van der Waals surface area contributed by atoms with Crippen molar-refractivity contribution < 1.29 is 19.4 Å². The van der Waals surface area contributed by atoms with Gasteiger partial charge in [0.05, 0.1) is 17.8 Å². The fourth-order valence-electron chi connectivity index (χ4n) is 2.98. The molecule has 4 nitrogen and oxygen atoms in total. The quantitative estimate of drug-likeness (QED) is 0.508. The van der Waals surface area contributed by atoms with E-state index in [1.165, 1.54) is 12.8 Å². The Morgan fingerprint density at radius 1 is 0.926 bits per heavy atom. The highest BCUT2D eigenvalue weighted by Crippen LogP contribution is 2.24. The predicted octanol–water partition coefficient (Wildman–Crippen LogP) is 5.80. The lowest BCUT2D eigenvalue weighted by atomic mass is 10.0. The molecule has 0 unspecified atom stereocenters. The van der Waals surface area contributed by atoms with Crippen molar-refractivity contribution in [2.75, 3.05) is 6.61 Å². The second-order valence-electron chi connectivity index (χ2n) is 6.96. The zero-order valence-corrected chi connectivity index (χ0v) is 16.5. The molecule has 0 aliphatic rings. The van der Waals surface area contributed by atoms with Crippen LogP contribution < -0.4 is 4.74 Å². The van der Waals surface area contributed by atoms with Gasteiger partial charge < -0.3 is 14.6 Å². The molecular weight excluding hydrogens is 340 g/mol. The maximum Gasteiger partial charge on any atom is 0.335 e. The Kier molecular flexibility index (Phi) is 8.34. The predicted molar refractivity (Wildman–Crippen MR) is 108 cm³/mol. The molecule has 0 heterocycles. The summed E-state index contributed by atoms with van der Waals surface area (Å²) in [4.78, 5) is 10.9. The SMILES string of the molecule is CCCCCO[C@H](C)C[C@H](C)Oc1ccc(-c2ccc(C(=O)O)cc2)cc1. The number of ether oxygens (including phenoxy) is 2. The molecule has 0 aliphatic carbocycles. The molecule has 2 atom stereocenters. The van der Waals surface area contributed by atoms with Crippen LogP contribution in [0.4, 0.5) is 0 Å². The number of aromatic carboxylic acids is 1. The van der Waals surface area contributed by atoms with Gasteiger partial charge in [0, 0.05) is 13.0 Å². The van der Waals surface area contributed by atoms with E-state index in [2.05, 4.69) is 20.8 Å². The minimum atomic E-state index is -0.914. The first-order chi connectivity index (χ1) is 13.0. The zero-order valence-electron chi connectivity index (χ0n) is 16.5. The third-order valence-electron chi connectivity index (χ3n) is 4.47. The van der Waals surface area contributed by atoms with Gasteiger partial charge in [-0.3, -0.25) is 0 Å². The number of carbonyl (C=O) groups is 1. The van der Waals surface area contributed by atoms with Crippen molar-refractivity contribution in [3.8, 4) is 16.9 Å². The molecule has 0 saturated carbocycles. The van der Waals surface area contributed by atoms with E-state index in [9.17, 15) is 4.79 Å². The van der Waals surface area contributed by atoms with Gasteiger partial charge in [-0.2, -0.15) is 0 Å². The molecule has 2 aromatic carbocycles. The highest BCUT2D eigenvalue weighted by atomic mass is 16.5. The van der Waals surface area contributed by atoms with Gasteiger partial charge in [0.1, 0.15) is 5.75 Å². The topological polar surface area (TPSA) is 55.8 Å². The van der Waals surface area contributed by atoms with Crippen LogP contribution in [-0.2, 0) is 4.74 Å². The number of benzene rings is 2. The maximum absolute atomic E-state index is 10.9. The van der Waals surface area contributed by atoms with Gasteiger partial charge in [0.2, 0.25) is 0 Å². The number of hydrogen-bond donors (Lipinski definition) is 1. The van der Waals surface area contributed by atoms with Crippen molar-refractivity contribution in [2.45, 2.75) is 58.7 Å². The van der Waals surface area contributed by atoms with Crippen molar-refractivity contribution in [3.05, 3.63) is 54.1 Å². The van der Waals surface area contributed by atoms with Crippen LogP contribution in [0.15, 0.2) is 48.5 Å². The van der Waals surface area contributed by atoms with Gasteiger partial charge in [-0.25, -0.2) is 4.79 Å². The molecule has 2 rings (SSSR count). The highest BCUT2D eigenvalue weighted by molar-refractivity contribution is 5.88. The average Bonchev–Trinajstić information content (AvgIpc) is 2.66. The first kappa shape index (κ1) is 21.0. The van der Waals surface area contributed by atoms with Crippen molar-refractivity contribution in [1.29, 1.82) is 0 Å². The zero-order chi connectivity index (χ0) is 19.6. The Morgan fingerprint density at radius 2 is 1.52 bits per heavy atom. The summed E-state index contributed by atoms with van der Waals surface area (Å²) in [6.07, 6.45) is 4.65. The van der Waals surface area contributed by atoms with Crippen molar-refractivity contribution in [2.24, 2.45) is 0 Å². The normalized spacial score (nSPS) is 13.1. The largest absolute Gasteiger partial charge is 0.491 e. The van der Waals surface area contributed by atoms with Crippen LogP contribution in [0.5, 0.6) is 5.75 Å². The smallest absolute Gasteiger partial charge is 0.335 e. The summed E-state index contributed by atoms with van der Waals surface area (Å²) in [5.74, 6) is -0.0885. The molecule has 0 bridgehead atoms. The van der Waals surface area contributed by atoms with E-state index < -0.39 is 5.97 Å². The van der Waals surface area contributed by atoms with E-state index in [-0.39, 0.29) is 12.2 Å². The van der Waals surface area contributed by atoms with Crippen LogP contribution in [0.25, 0.3) is 11.1 Å². The van der Waals surface area contributed by atoms with E-state index >= 15 is 0 Å². The molecule has 27 heavy (non-hydrogen) atoms. The van der Waals surface area contributed by atoms with Crippen LogP contribution in [0.2, 0.25) is 0 Å². The van der Waals surface area contributed by atoms with Crippen LogP contribution in [-0.4, -0.2) is 29.9 Å². The van der Waals surface area contributed by atoms with Crippen LogP contribution in [0.3, 0.4) is 0 Å². The van der Waals surface area contributed by atoms with E-state index in [0.717, 1.165) is 36.3 Å². The lowest BCUT2D eigenvalue weighted by Gasteiger charge is -2.19. The average molecular weight is 370 g/mol. The molecule has 0 saturated heterocycles. The summed E-state index contributed by atoms with van der Waals surface area (Å²) in [6.45, 7) is 7.16. The van der Waals surface area contributed by atoms with Gasteiger partial charge in [0.25, 0.3) is 0 Å². The lowest BCUT2D eigenvalue weighted by molar-refractivity contribution is 0.0329. The number of rotatable bonds is 11. The third-order valence-corrected chi connectivity index (χ3v) is 4.47. The highest BCUT2D eigenvalue weighted by Gasteiger charge is 2.11. The van der Waals surface area contributed by atoms with Gasteiger partial charge in [0.15, 0.2) is 0 Å². The molecular formula is C23H30O4. The first-order valence-electron chi connectivity index (χ1n) is 9.71. The van der Waals surface area contributed by atoms with Crippen LogP contribution in [0, 0.1) is 0 Å². The van der Waals surface area contributed by atoms with Crippen LogP contribution in [0.1, 0.15) is 56.8 Å². The third kappa shape index (κ3) is 7.06. The molecule has 0 aromatic heterocycles. The fourth-order valence-corrected chi connectivity index (χ4v) is 2.98. The number of unbranched alkanes of at least 4 members (excludes halogenated alkanes) is 2. The van der Waals surface area contributed by atoms with E-state index in [1.54, 1.807) is 12.1 Å². The Labute approximate surface area is 162 Å². The summed E-state index contributed by atoms with van der Waals surface area (Å²) in [6, 6.07) is 14.7. The summed E-state index contributed by atoms with van der Waals surface area (Å²) < 4.78 is 11.8. The lowest BCUT2D eigenvalue weighted by Crippen LogP contribution is -2.21. The maximum atomic E-state index is 10.9. The number of hydrogen-bond acceptors (Lipinski definition) is 3. The molecule has 0 radical (unpaired) electrons. The molecule has 0 spiro atoms. The molecule has 0 aliphatic heterocycles. The van der Waals surface area contributed by atoms with Crippen LogP contribution >= 0.6 is 0 Å². The Morgan fingerprint density at radius 3 is 2.07 bits per heavy atom. The van der Waals surface area contributed by atoms with Gasteiger partial charge in [-0.1, -0.05) is 44.0 Å². The Hall–Kier alpha value is -2.33. The summed E-state index contributed by atoms with van der Waals surface area (Å²) in [5.41, 5.74) is 2.30. The van der Waals surface area contributed by atoms with E-state index in [0.29, 0.717) is 5.56 Å². The fraction of sp³-hybridized carbons (Fsp3) is 0.435. The van der Waals surface area contributed by atoms with Gasteiger partial charge in [-0.05, 0) is 55.7 Å². The molecule has 0 amide bonds. The minimum absolute atomic E-state index is 0.0758. The summed E-state index contributed by atoms with van der Waals surface area (Å²) in [5, 5.41) is 8.98. The molecule has 4 heteroatoms. The van der Waals surface area contributed by atoms with Gasteiger partial charge in [-0.15, -0.1) is 0 Å². The van der Waals surface area contributed by atoms with Crippen molar-refractivity contribution in [3.63, 3.8) is 0 Å². The number of carboxylic acid groups (broad SMARTS) is 1. The number of carboxylic acids is 1. The minimum Gasteiger partial charge on any atom is -0.491 e. The Balaban J connectivity index is 1.84. The summed E-state index contributed by atoms with van der Waals surface area (Å²) >= 11 is 0.